The Bertz CT molecular complexity index is 668. The first-order valence-corrected chi connectivity index (χ1v) is 8.29. The second kappa shape index (κ2) is 7.81. The number of benzene rings is 1. The molecular formula is C17H22FN5O. The lowest BCUT2D eigenvalue weighted by Gasteiger charge is -2.19. The van der Waals surface area contributed by atoms with E-state index in [1.807, 2.05) is 21.8 Å². The molecule has 1 aromatic carbocycles. The van der Waals surface area contributed by atoms with Gasteiger partial charge in [0, 0.05) is 44.3 Å². The van der Waals surface area contributed by atoms with Crippen molar-refractivity contribution in [3.63, 3.8) is 0 Å². The van der Waals surface area contributed by atoms with Gasteiger partial charge in [0.15, 0.2) is 0 Å². The molecule has 2 N–H and O–H groups in total. The Morgan fingerprint density at radius 3 is 2.83 bits per heavy atom. The Hall–Kier alpha value is -2.57. The van der Waals surface area contributed by atoms with E-state index in [4.69, 9.17) is 0 Å². The van der Waals surface area contributed by atoms with Crippen LogP contribution in [0.15, 0.2) is 36.7 Å². The first kappa shape index (κ1) is 16.3. The summed E-state index contributed by atoms with van der Waals surface area (Å²) in [4.78, 5) is 13.9. The van der Waals surface area contributed by atoms with E-state index in [0.29, 0.717) is 17.9 Å². The number of carbonyl (C=O) groups is 1. The number of hydrogen-bond donors (Lipinski definition) is 2. The van der Waals surface area contributed by atoms with Crippen LogP contribution in [0.3, 0.4) is 0 Å². The van der Waals surface area contributed by atoms with Gasteiger partial charge >= 0.3 is 6.03 Å². The highest BCUT2D eigenvalue weighted by Gasteiger charge is 2.16. The highest BCUT2D eigenvalue weighted by atomic mass is 19.1. The summed E-state index contributed by atoms with van der Waals surface area (Å²) in [6, 6.07) is 6.37. The standard InChI is InChI=1S/C17H22FN5O/c18-15-13-14(5-6-16(15)22-9-1-2-10-22)21-17(24)19-7-3-11-23-12-4-8-20-23/h4-6,8,12-13H,1-3,7,9-11H2,(H2,19,21,24). The minimum Gasteiger partial charge on any atom is -0.369 e. The van der Waals surface area contributed by atoms with Crippen LogP contribution >= 0.6 is 0 Å². The summed E-state index contributed by atoms with van der Waals surface area (Å²) < 4.78 is 16.0. The predicted molar refractivity (Wildman–Crippen MR) is 91.7 cm³/mol. The summed E-state index contributed by atoms with van der Waals surface area (Å²) in [5.74, 6) is -0.298. The van der Waals surface area contributed by atoms with Gasteiger partial charge in [0.25, 0.3) is 0 Å². The van der Waals surface area contributed by atoms with Crippen LogP contribution in [0.25, 0.3) is 0 Å². The van der Waals surface area contributed by atoms with Gasteiger partial charge in [0.05, 0.1) is 5.69 Å². The van der Waals surface area contributed by atoms with Crippen molar-refractivity contribution >= 4 is 17.4 Å². The van der Waals surface area contributed by atoms with E-state index >= 15 is 0 Å². The molecule has 1 aromatic heterocycles. The number of hydrogen-bond acceptors (Lipinski definition) is 3. The van der Waals surface area contributed by atoms with E-state index < -0.39 is 0 Å². The molecule has 0 spiro atoms. The topological polar surface area (TPSA) is 62.2 Å². The van der Waals surface area contributed by atoms with Crippen molar-refractivity contribution in [2.45, 2.75) is 25.8 Å². The number of halogens is 1. The maximum atomic E-state index is 14.2. The molecule has 0 atom stereocenters. The molecule has 0 radical (unpaired) electrons. The average Bonchev–Trinajstić information content (AvgIpc) is 3.25. The number of urea groups is 1. The van der Waals surface area contributed by atoms with Crippen LogP contribution in [0.1, 0.15) is 19.3 Å². The minimum atomic E-state index is -0.330. The van der Waals surface area contributed by atoms with E-state index in [2.05, 4.69) is 15.7 Å². The fourth-order valence-electron chi connectivity index (χ4n) is 2.85. The number of aromatic nitrogens is 2. The van der Waals surface area contributed by atoms with Crippen molar-refractivity contribution in [1.29, 1.82) is 0 Å². The van der Waals surface area contributed by atoms with E-state index in [1.165, 1.54) is 6.07 Å². The van der Waals surface area contributed by atoms with Crippen LogP contribution in [0, 0.1) is 5.82 Å². The number of aryl methyl sites for hydroxylation is 1. The lowest BCUT2D eigenvalue weighted by Crippen LogP contribution is -2.30. The molecular weight excluding hydrogens is 309 g/mol. The van der Waals surface area contributed by atoms with Crippen LogP contribution in [0.5, 0.6) is 0 Å². The quantitative estimate of drug-likeness (QED) is 0.800. The van der Waals surface area contributed by atoms with E-state index in [1.54, 1.807) is 18.3 Å². The Morgan fingerprint density at radius 2 is 2.12 bits per heavy atom. The number of anilines is 2. The van der Waals surface area contributed by atoms with Crippen molar-refractivity contribution in [2.24, 2.45) is 0 Å². The third-order valence-corrected chi connectivity index (χ3v) is 4.06. The lowest BCUT2D eigenvalue weighted by molar-refractivity contribution is 0.251. The fourth-order valence-corrected chi connectivity index (χ4v) is 2.85. The van der Waals surface area contributed by atoms with Crippen molar-refractivity contribution in [3.05, 3.63) is 42.5 Å². The molecule has 2 aromatic rings. The zero-order chi connectivity index (χ0) is 16.8. The molecule has 0 bridgehead atoms. The Labute approximate surface area is 140 Å². The molecule has 3 rings (SSSR count). The third kappa shape index (κ3) is 4.24. The van der Waals surface area contributed by atoms with Gasteiger partial charge < -0.3 is 15.5 Å². The number of nitrogens with one attached hydrogen (secondary N) is 2. The molecule has 1 saturated heterocycles. The fraction of sp³-hybridized carbons (Fsp3) is 0.412. The van der Waals surface area contributed by atoms with Gasteiger partial charge in [-0.3, -0.25) is 4.68 Å². The molecule has 0 saturated carbocycles. The number of rotatable bonds is 6. The second-order valence-electron chi connectivity index (χ2n) is 5.86. The van der Waals surface area contributed by atoms with Crippen molar-refractivity contribution in [1.82, 2.24) is 15.1 Å². The zero-order valence-electron chi connectivity index (χ0n) is 13.5. The Kier molecular flexibility index (Phi) is 5.30. The highest BCUT2D eigenvalue weighted by molar-refractivity contribution is 5.89. The van der Waals surface area contributed by atoms with Crippen LogP contribution < -0.4 is 15.5 Å². The summed E-state index contributed by atoms with van der Waals surface area (Å²) in [6.45, 7) is 3.05. The molecule has 7 heteroatoms. The van der Waals surface area contributed by atoms with Crippen molar-refractivity contribution in [2.75, 3.05) is 29.9 Å². The summed E-state index contributed by atoms with van der Waals surface area (Å²) >= 11 is 0. The molecule has 0 unspecified atom stereocenters. The van der Waals surface area contributed by atoms with Crippen LogP contribution in [0.4, 0.5) is 20.6 Å². The number of amides is 2. The average molecular weight is 331 g/mol. The monoisotopic (exact) mass is 331 g/mol. The van der Waals surface area contributed by atoms with Crippen LogP contribution in [-0.2, 0) is 6.54 Å². The minimum absolute atomic E-state index is 0.298. The first-order valence-electron chi connectivity index (χ1n) is 8.29. The number of nitrogens with zero attached hydrogens (tertiary/aromatic N) is 3. The smallest absolute Gasteiger partial charge is 0.319 e. The Balaban J connectivity index is 1.44. The first-order chi connectivity index (χ1) is 11.7. The second-order valence-corrected chi connectivity index (χ2v) is 5.86. The molecule has 0 aliphatic carbocycles. The van der Waals surface area contributed by atoms with Crippen LogP contribution in [-0.4, -0.2) is 35.4 Å². The van der Waals surface area contributed by atoms with Gasteiger partial charge in [-0.25, -0.2) is 9.18 Å². The third-order valence-electron chi connectivity index (χ3n) is 4.06. The molecule has 128 valence electrons. The van der Waals surface area contributed by atoms with Crippen LogP contribution in [0.2, 0.25) is 0 Å². The molecule has 2 amide bonds. The maximum Gasteiger partial charge on any atom is 0.319 e. The largest absolute Gasteiger partial charge is 0.369 e. The number of carbonyl (C=O) groups excluding carboxylic acids is 1. The molecule has 6 nitrogen and oxygen atoms in total. The molecule has 24 heavy (non-hydrogen) atoms. The summed E-state index contributed by atoms with van der Waals surface area (Å²) in [6.07, 6.45) is 6.57. The maximum absolute atomic E-state index is 14.2. The van der Waals surface area contributed by atoms with Gasteiger partial charge in [0.2, 0.25) is 0 Å². The van der Waals surface area contributed by atoms with Gasteiger partial charge in [-0.1, -0.05) is 0 Å². The summed E-state index contributed by atoms with van der Waals surface area (Å²) in [5.41, 5.74) is 1.07. The highest BCUT2D eigenvalue weighted by Crippen LogP contribution is 2.25. The summed E-state index contributed by atoms with van der Waals surface area (Å²) in [5, 5.41) is 9.52. The van der Waals surface area contributed by atoms with Gasteiger partial charge in [0.1, 0.15) is 5.82 Å². The van der Waals surface area contributed by atoms with E-state index in [0.717, 1.165) is 38.9 Å². The van der Waals surface area contributed by atoms with Crippen molar-refractivity contribution in [3.8, 4) is 0 Å². The van der Waals surface area contributed by atoms with E-state index in [-0.39, 0.29) is 11.8 Å². The molecule has 1 aliphatic rings. The van der Waals surface area contributed by atoms with Gasteiger partial charge in [-0.05, 0) is 43.5 Å². The van der Waals surface area contributed by atoms with Gasteiger partial charge in [-0.2, -0.15) is 5.10 Å². The predicted octanol–water partition coefficient (Wildman–Crippen LogP) is 2.83. The normalized spacial score (nSPS) is 14.0. The van der Waals surface area contributed by atoms with E-state index in [9.17, 15) is 9.18 Å². The molecule has 2 heterocycles. The van der Waals surface area contributed by atoms with Gasteiger partial charge in [-0.15, -0.1) is 0 Å². The SMILES string of the molecule is O=C(NCCCn1cccn1)Nc1ccc(N2CCCC2)c(F)c1. The molecule has 1 aliphatic heterocycles. The summed E-state index contributed by atoms with van der Waals surface area (Å²) in [7, 11) is 0. The molecule has 1 fully saturated rings. The lowest BCUT2D eigenvalue weighted by atomic mass is 10.2. The van der Waals surface area contributed by atoms with Crippen molar-refractivity contribution < 1.29 is 9.18 Å². The zero-order valence-corrected chi connectivity index (χ0v) is 13.5. The Morgan fingerprint density at radius 1 is 1.29 bits per heavy atom.